The van der Waals surface area contributed by atoms with E-state index >= 15 is 0 Å². The minimum Gasteiger partial charge on any atom is -0.330 e. The number of amides is 2. The molecule has 1 saturated heterocycles. The predicted octanol–water partition coefficient (Wildman–Crippen LogP) is 9.03. The summed E-state index contributed by atoms with van der Waals surface area (Å²) in [7, 11) is 0. The summed E-state index contributed by atoms with van der Waals surface area (Å²) in [6, 6.07) is 33.1. The van der Waals surface area contributed by atoms with Crippen LogP contribution < -0.4 is 4.57 Å². The van der Waals surface area contributed by atoms with Gasteiger partial charge < -0.3 is 4.84 Å². The lowest BCUT2D eigenvalue weighted by atomic mass is 10.1. The van der Waals surface area contributed by atoms with Gasteiger partial charge in [-0.25, -0.2) is 19.0 Å². The number of carbonyl (C=O) groups excluding carboxylic acids is 3. The maximum Gasteiger partial charge on any atom is 0.333 e. The Balaban J connectivity index is 1.01. The zero-order chi connectivity index (χ0) is 36.9. The Bertz CT molecular complexity index is 2460. The summed E-state index contributed by atoms with van der Waals surface area (Å²) in [5.74, 6) is -1.49. The van der Waals surface area contributed by atoms with Gasteiger partial charge in [-0.3, -0.25) is 9.59 Å². The van der Waals surface area contributed by atoms with Crippen molar-refractivity contribution in [3.05, 3.63) is 121 Å². The molecule has 5 aromatic heterocycles. The van der Waals surface area contributed by atoms with E-state index in [4.69, 9.17) is 14.5 Å². The summed E-state index contributed by atoms with van der Waals surface area (Å²) in [5, 5.41) is 9.38. The molecule has 268 valence electrons. The number of imide groups is 1. The van der Waals surface area contributed by atoms with Crippen molar-refractivity contribution in [3.63, 3.8) is 0 Å². The summed E-state index contributed by atoms with van der Waals surface area (Å²) in [4.78, 5) is 49.9. The Kier molecular flexibility index (Phi) is 10.3. The molecule has 1 aliphatic heterocycles. The van der Waals surface area contributed by atoms with Gasteiger partial charge in [-0.05, 0) is 70.2 Å². The van der Waals surface area contributed by atoms with Crippen molar-refractivity contribution in [2.45, 2.75) is 45.1 Å². The van der Waals surface area contributed by atoms with Gasteiger partial charge in [0.2, 0.25) is 0 Å². The number of hydrogen-bond donors (Lipinski definition) is 0. The number of aromatic nitrogens is 4. The standard InChI is InChI=1S/C42H34N5O5S2/c48-36-21-22-37(49)47(36)51-38(50)14-8-3-9-25-46-26-23-28(24-27-46)15-16-31-39(34-19-17-32(53-34)29-10-4-1-5-11-29)41-42(45-52-44-41)40(43-31)35-20-18-33(54-35)30-12-6-2-7-13-30/h1-2,4-7,10-13,15-20,23-24,26-27H,3,8-9,14,21-22,25H2/q+1. The average molecular weight is 753 g/mol. The minimum atomic E-state index is -0.561. The number of nitrogens with zero attached hydrogens (tertiary/aromatic N) is 5. The lowest BCUT2D eigenvalue weighted by molar-refractivity contribution is -0.697. The van der Waals surface area contributed by atoms with E-state index in [1.807, 2.05) is 54.9 Å². The summed E-state index contributed by atoms with van der Waals surface area (Å²) in [6.45, 7) is 0.779. The number of hydrogen-bond acceptors (Lipinski definition) is 10. The number of rotatable bonds is 13. The molecule has 10 nitrogen and oxygen atoms in total. The largest absolute Gasteiger partial charge is 0.333 e. The molecule has 2 amide bonds. The van der Waals surface area contributed by atoms with Gasteiger partial charge in [0.15, 0.2) is 17.9 Å². The van der Waals surface area contributed by atoms with E-state index in [1.54, 1.807) is 22.7 Å². The quantitative estimate of drug-likeness (QED) is 0.0651. The third-order valence-corrected chi connectivity index (χ3v) is 11.4. The Morgan fingerprint density at radius 3 is 2.02 bits per heavy atom. The third kappa shape index (κ3) is 7.66. The van der Waals surface area contributed by atoms with E-state index in [-0.39, 0.29) is 19.3 Å². The maximum atomic E-state index is 12.1. The first-order valence-corrected chi connectivity index (χ1v) is 19.3. The van der Waals surface area contributed by atoms with Crippen LogP contribution in [0.25, 0.3) is 65.1 Å². The molecule has 12 heteroatoms. The van der Waals surface area contributed by atoms with Crippen LogP contribution in [0, 0.1) is 0 Å². The molecule has 8 rings (SSSR count). The zero-order valence-electron chi connectivity index (χ0n) is 29.1. The van der Waals surface area contributed by atoms with Crippen LogP contribution in [-0.4, -0.2) is 38.1 Å². The molecular weight excluding hydrogens is 719 g/mol. The monoisotopic (exact) mass is 752 g/mol. The van der Waals surface area contributed by atoms with Crippen LogP contribution in [-0.2, 0) is 25.8 Å². The molecular formula is C42H34N5O5S2+. The van der Waals surface area contributed by atoms with Crippen LogP contribution in [0.3, 0.4) is 0 Å². The number of pyridine rings is 2. The second kappa shape index (κ2) is 15.9. The zero-order valence-corrected chi connectivity index (χ0v) is 30.7. The van der Waals surface area contributed by atoms with Crippen molar-refractivity contribution in [2.75, 3.05) is 0 Å². The molecule has 0 bridgehead atoms. The number of thiophene rings is 2. The summed E-state index contributed by atoms with van der Waals surface area (Å²) in [5.41, 5.74) is 6.92. The van der Waals surface area contributed by atoms with Crippen LogP contribution >= 0.6 is 22.7 Å². The van der Waals surface area contributed by atoms with Crippen LogP contribution in [0.4, 0.5) is 0 Å². The Hall–Kier alpha value is -6.11. The first kappa shape index (κ1) is 34.9. The highest BCUT2D eigenvalue weighted by atomic mass is 32.1. The van der Waals surface area contributed by atoms with Crippen molar-refractivity contribution in [1.82, 2.24) is 20.4 Å². The number of fused-ring (bicyclic) bond motifs is 1. The van der Waals surface area contributed by atoms with Gasteiger partial charge in [0.25, 0.3) is 11.8 Å². The molecule has 0 spiro atoms. The van der Waals surface area contributed by atoms with Gasteiger partial charge in [0.1, 0.15) is 17.8 Å². The first-order valence-electron chi connectivity index (χ1n) is 17.7. The van der Waals surface area contributed by atoms with Crippen LogP contribution in [0.5, 0.6) is 0 Å². The molecule has 6 heterocycles. The SMILES string of the molecule is O=C(CCCCC[n+]1ccc(C=Cc2nc(-c3ccc(-c4ccccc4)s3)c3nonc3c2-c2ccc(-c3ccccc3)s2)cc1)ON1C(=O)CCC1=O. The highest BCUT2D eigenvalue weighted by Gasteiger charge is 2.32. The molecule has 0 unspecified atom stereocenters. The van der Waals surface area contributed by atoms with Crippen LogP contribution in [0.15, 0.2) is 114 Å². The normalized spacial score (nSPS) is 13.1. The highest BCUT2D eigenvalue weighted by molar-refractivity contribution is 7.19. The third-order valence-electron chi connectivity index (χ3n) is 9.09. The second-order valence-corrected chi connectivity index (χ2v) is 15.0. The summed E-state index contributed by atoms with van der Waals surface area (Å²) >= 11 is 3.34. The fourth-order valence-electron chi connectivity index (χ4n) is 6.30. The average Bonchev–Trinajstić information content (AvgIpc) is 4.04. The fraction of sp³-hybridized carbons (Fsp3) is 0.167. The fourth-order valence-corrected chi connectivity index (χ4v) is 8.36. The van der Waals surface area contributed by atoms with Gasteiger partial charge in [-0.2, -0.15) is 0 Å². The van der Waals surface area contributed by atoms with Gasteiger partial charge in [-0.15, -0.1) is 27.7 Å². The van der Waals surface area contributed by atoms with Crippen molar-refractivity contribution in [2.24, 2.45) is 0 Å². The predicted molar refractivity (Wildman–Crippen MR) is 208 cm³/mol. The van der Waals surface area contributed by atoms with E-state index in [1.165, 1.54) is 0 Å². The molecule has 2 aromatic carbocycles. The Morgan fingerprint density at radius 2 is 1.33 bits per heavy atom. The van der Waals surface area contributed by atoms with E-state index in [0.29, 0.717) is 22.5 Å². The van der Waals surface area contributed by atoms with Gasteiger partial charge in [0.05, 0.1) is 10.6 Å². The molecule has 0 saturated carbocycles. The van der Waals surface area contributed by atoms with Crippen molar-refractivity contribution < 1.29 is 28.4 Å². The number of benzene rings is 2. The van der Waals surface area contributed by atoms with Gasteiger partial charge >= 0.3 is 5.97 Å². The highest BCUT2D eigenvalue weighted by Crippen LogP contribution is 2.43. The molecule has 0 aliphatic carbocycles. The smallest absolute Gasteiger partial charge is 0.330 e. The molecule has 1 fully saturated rings. The van der Waals surface area contributed by atoms with Crippen molar-refractivity contribution in [3.8, 4) is 41.9 Å². The van der Waals surface area contributed by atoms with E-state index in [0.717, 1.165) is 72.5 Å². The number of carbonyl (C=O) groups is 3. The summed E-state index contributed by atoms with van der Waals surface area (Å²) < 4.78 is 7.49. The molecule has 0 radical (unpaired) electrons. The van der Waals surface area contributed by atoms with Gasteiger partial charge in [-0.1, -0.05) is 66.7 Å². The molecule has 54 heavy (non-hydrogen) atoms. The number of hydroxylamine groups is 2. The van der Waals surface area contributed by atoms with Gasteiger partial charge in [0, 0.05) is 58.0 Å². The Labute approximate surface area is 318 Å². The second-order valence-electron chi connectivity index (χ2n) is 12.8. The topological polar surface area (TPSA) is 119 Å². The lowest BCUT2D eigenvalue weighted by Crippen LogP contribution is -2.32. The number of unbranched alkanes of at least 4 members (excludes halogenated alkanes) is 2. The van der Waals surface area contributed by atoms with Crippen LogP contribution in [0.1, 0.15) is 49.8 Å². The van der Waals surface area contributed by atoms with E-state index in [2.05, 4.69) is 81.6 Å². The van der Waals surface area contributed by atoms with Crippen molar-refractivity contribution in [1.29, 1.82) is 0 Å². The number of aryl methyl sites for hydroxylation is 1. The lowest BCUT2D eigenvalue weighted by Gasteiger charge is -2.12. The van der Waals surface area contributed by atoms with Crippen LogP contribution in [0.2, 0.25) is 0 Å². The minimum absolute atomic E-state index is 0.0873. The summed E-state index contributed by atoms with van der Waals surface area (Å²) in [6.07, 6.45) is 10.7. The first-order chi connectivity index (χ1) is 26.5. The van der Waals surface area contributed by atoms with Crippen molar-refractivity contribution >= 4 is 63.6 Å². The van der Waals surface area contributed by atoms with E-state index < -0.39 is 17.8 Å². The molecule has 1 aliphatic rings. The molecule has 7 aromatic rings. The van der Waals surface area contributed by atoms with E-state index in [9.17, 15) is 14.4 Å². The molecule has 0 atom stereocenters. The molecule has 0 N–H and O–H groups in total. The Morgan fingerprint density at radius 1 is 0.722 bits per heavy atom. The maximum absolute atomic E-state index is 12.1.